The van der Waals surface area contributed by atoms with Gasteiger partial charge >= 0.3 is 0 Å². The fourth-order valence-corrected chi connectivity index (χ4v) is 4.10. The molecular weight excluding hydrogens is 348 g/mol. The Kier molecular flexibility index (Phi) is 5.69. The van der Waals surface area contributed by atoms with E-state index in [0.717, 1.165) is 44.6 Å². The van der Waals surface area contributed by atoms with Crippen molar-refractivity contribution in [3.8, 4) is 5.75 Å². The summed E-state index contributed by atoms with van der Waals surface area (Å²) >= 11 is 0. The molecule has 2 heterocycles. The lowest BCUT2D eigenvalue weighted by molar-refractivity contribution is -0.0541. The molecule has 4 heteroatoms. The summed E-state index contributed by atoms with van der Waals surface area (Å²) in [6.45, 7) is 5.81. The Balaban J connectivity index is 1.37. The smallest absolute Gasteiger partial charge is 0.119 e. The number of H-pyrrole nitrogens is 1. The van der Waals surface area contributed by atoms with Crippen LogP contribution in [0.3, 0.4) is 0 Å². The average molecular weight is 379 g/mol. The highest BCUT2D eigenvalue weighted by molar-refractivity contribution is 5.79. The van der Waals surface area contributed by atoms with Crippen LogP contribution in [0.4, 0.5) is 0 Å². The number of nitrogens with zero attached hydrogens (tertiary/aromatic N) is 1. The molecule has 1 aliphatic heterocycles. The van der Waals surface area contributed by atoms with E-state index in [4.69, 9.17) is 9.47 Å². The highest BCUT2D eigenvalue weighted by Crippen LogP contribution is 2.28. The molecular formula is C24H30N2O2. The summed E-state index contributed by atoms with van der Waals surface area (Å²) in [7, 11) is 1.83. The van der Waals surface area contributed by atoms with Crippen molar-refractivity contribution in [1.29, 1.82) is 0 Å². The fraction of sp³-hybridized carbons (Fsp3) is 0.417. The van der Waals surface area contributed by atoms with Crippen LogP contribution in [0.25, 0.3) is 10.9 Å². The zero-order chi connectivity index (χ0) is 19.4. The molecule has 1 fully saturated rings. The average Bonchev–Trinajstić information content (AvgIpc) is 3.09. The van der Waals surface area contributed by atoms with Gasteiger partial charge in [0.15, 0.2) is 0 Å². The number of ether oxygens (including phenoxy) is 2. The summed E-state index contributed by atoms with van der Waals surface area (Å²) in [6, 6.07) is 17.1. The summed E-state index contributed by atoms with van der Waals surface area (Å²) in [5.74, 6) is 0.919. The molecule has 4 nitrogen and oxygen atoms in total. The lowest BCUT2D eigenvalue weighted by atomic mass is 9.95. The summed E-state index contributed by atoms with van der Waals surface area (Å²) < 4.78 is 12.1. The quantitative estimate of drug-likeness (QED) is 0.661. The van der Waals surface area contributed by atoms with E-state index in [2.05, 4.69) is 53.2 Å². The van der Waals surface area contributed by atoms with Gasteiger partial charge in [-0.15, -0.1) is 0 Å². The number of hydrogen-bond donors (Lipinski definition) is 1. The van der Waals surface area contributed by atoms with Crippen molar-refractivity contribution >= 4 is 10.9 Å². The predicted molar refractivity (Wildman–Crippen MR) is 114 cm³/mol. The first kappa shape index (κ1) is 19.0. The van der Waals surface area contributed by atoms with E-state index in [-0.39, 0.29) is 5.60 Å². The highest BCUT2D eigenvalue weighted by Gasteiger charge is 2.33. The second kappa shape index (κ2) is 8.38. The minimum Gasteiger partial charge on any atom is -0.491 e. The number of aryl methyl sites for hydroxylation is 1. The Hall–Kier alpha value is -2.30. The Labute approximate surface area is 167 Å². The highest BCUT2D eigenvalue weighted by atomic mass is 16.5. The van der Waals surface area contributed by atoms with Crippen LogP contribution in [-0.2, 0) is 11.3 Å². The van der Waals surface area contributed by atoms with Crippen molar-refractivity contribution in [2.24, 2.45) is 0 Å². The van der Waals surface area contributed by atoms with E-state index in [1.165, 1.54) is 22.0 Å². The van der Waals surface area contributed by atoms with Crippen LogP contribution in [0.15, 0.2) is 54.7 Å². The number of fused-ring (bicyclic) bond motifs is 1. The maximum Gasteiger partial charge on any atom is 0.119 e. The number of nitrogens with one attached hydrogen (secondary N) is 1. The van der Waals surface area contributed by atoms with Crippen LogP contribution in [-0.4, -0.2) is 42.3 Å². The van der Waals surface area contributed by atoms with Gasteiger partial charge in [0.05, 0.1) is 0 Å². The largest absolute Gasteiger partial charge is 0.491 e. The van der Waals surface area contributed by atoms with Gasteiger partial charge in [0, 0.05) is 31.9 Å². The van der Waals surface area contributed by atoms with Gasteiger partial charge in [-0.3, -0.25) is 4.90 Å². The molecule has 0 radical (unpaired) electrons. The maximum absolute atomic E-state index is 6.10. The first-order chi connectivity index (χ1) is 13.7. The van der Waals surface area contributed by atoms with Crippen molar-refractivity contribution in [3.63, 3.8) is 0 Å². The molecule has 1 saturated heterocycles. The van der Waals surface area contributed by atoms with Gasteiger partial charge in [-0.25, -0.2) is 0 Å². The molecule has 2 aromatic carbocycles. The van der Waals surface area contributed by atoms with Crippen molar-refractivity contribution in [3.05, 3.63) is 65.9 Å². The second-order valence-corrected chi connectivity index (χ2v) is 8.02. The minimum absolute atomic E-state index is 0.204. The summed E-state index contributed by atoms with van der Waals surface area (Å²) in [5, 5.41) is 1.28. The number of rotatable bonds is 6. The topological polar surface area (TPSA) is 37.5 Å². The van der Waals surface area contributed by atoms with Gasteiger partial charge < -0.3 is 14.5 Å². The number of benzene rings is 2. The van der Waals surface area contributed by atoms with Gasteiger partial charge in [0.25, 0.3) is 0 Å². The zero-order valence-electron chi connectivity index (χ0n) is 16.9. The molecule has 3 aromatic rings. The molecule has 1 aliphatic rings. The van der Waals surface area contributed by atoms with Crippen LogP contribution < -0.4 is 4.74 Å². The van der Waals surface area contributed by atoms with Crippen molar-refractivity contribution < 1.29 is 9.47 Å². The summed E-state index contributed by atoms with van der Waals surface area (Å²) in [4.78, 5) is 5.81. The Morgan fingerprint density at radius 2 is 1.89 bits per heavy atom. The molecule has 0 spiro atoms. The fourth-order valence-electron chi connectivity index (χ4n) is 4.10. The first-order valence-corrected chi connectivity index (χ1v) is 10.2. The van der Waals surface area contributed by atoms with Gasteiger partial charge in [-0.1, -0.05) is 23.8 Å². The lowest BCUT2D eigenvalue weighted by Crippen LogP contribution is -2.39. The standard InChI is InChI=1S/C24H30N2O2/c1-19-4-7-22(8-5-19)28-18-24(27-2)11-3-14-26(15-12-24)17-20-6-9-23-21(16-20)10-13-25-23/h4-10,13,16,25H,3,11-12,14-15,17-18H2,1-2H3/t24-/m0/s1. The van der Waals surface area contributed by atoms with Crippen LogP contribution >= 0.6 is 0 Å². The first-order valence-electron chi connectivity index (χ1n) is 10.2. The molecule has 0 amide bonds. The molecule has 0 unspecified atom stereocenters. The van der Waals surface area contributed by atoms with Gasteiger partial charge in [0.2, 0.25) is 0 Å². The van der Waals surface area contributed by atoms with Crippen LogP contribution in [0, 0.1) is 6.92 Å². The van der Waals surface area contributed by atoms with E-state index < -0.39 is 0 Å². The second-order valence-electron chi connectivity index (χ2n) is 8.02. The van der Waals surface area contributed by atoms with E-state index >= 15 is 0 Å². The normalized spacial score (nSPS) is 20.9. The molecule has 4 rings (SSSR count). The van der Waals surface area contributed by atoms with Crippen molar-refractivity contribution in [1.82, 2.24) is 9.88 Å². The third kappa shape index (κ3) is 4.40. The number of likely N-dealkylation sites (tertiary alicyclic amines) is 1. The number of aromatic nitrogens is 1. The van der Waals surface area contributed by atoms with Crippen LogP contribution in [0.5, 0.6) is 5.75 Å². The molecule has 0 bridgehead atoms. The predicted octanol–water partition coefficient (Wildman–Crippen LogP) is 4.93. The van der Waals surface area contributed by atoms with Gasteiger partial charge in [-0.05, 0) is 74.0 Å². The molecule has 0 aliphatic carbocycles. The molecule has 148 valence electrons. The molecule has 28 heavy (non-hydrogen) atoms. The zero-order valence-corrected chi connectivity index (χ0v) is 16.9. The number of aromatic amines is 1. The van der Waals surface area contributed by atoms with Crippen molar-refractivity contribution in [2.75, 3.05) is 26.8 Å². The van der Waals surface area contributed by atoms with Crippen LogP contribution in [0.1, 0.15) is 30.4 Å². The Bertz CT molecular complexity index is 902. The number of methoxy groups -OCH3 is 1. The summed E-state index contributed by atoms with van der Waals surface area (Å²) in [6.07, 6.45) is 5.14. The monoisotopic (exact) mass is 378 g/mol. The Morgan fingerprint density at radius 3 is 2.71 bits per heavy atom. The minimum atomic E-state index is -0.204. The molecule has 1 N–H and O–H groups in total. The van der Waals surface area contributed by atoms with Crippen molar-refractivity contribution in [2.45, 2.75) is 38.3 Å². The molecule has 1 aromatic heterocycles. The molecule has 1 atom stereocenters. The third-order valence-electron chi connectivity index (χ3n) is 5.97. The van der Waals surface area contributed by atoms with Gasteiger partial charge in [0.1, 0.15) is 18.0 Å². The maximum atomic E-state index is 6.10. The van der Waals surface area contributed by atoms with Gasteiger partial charge in [-0.2, -0.15) is 0 Å². The van der Waals surface area contributed by atoms with E-state index in [0.29, 0.717) is 6.61 Å². The van der Waals surface area contributed by atoms with Crippen LogP contribution in [0.2, 0.25) is 0 Å². The van der Waals surface area contributed by atoms with E-state index in [1.54, 1.807) is 0 Å². The van der Waals surface area contributed by atoms with E-state index in [9.17, 15) is 0 Å². The third-order valence-corrected chi connectivity index (χ3v) is 5.97. The molecule has 0 saturated carbocycles. The van der Waals surface area contributed by atoms with E-state index in [1.807, 2.05) is 25.4 Å². The Morgan fingerprint density at radius 1 is 1.04 bits per heavy atom. The lowest BCUT2D eigenvalue weighted by Gasteiger charge is -2.31. The summed E-state index contributed by atoms with van der Waals surface area (Å²) in [5.41, 5.74) is 3.61. The SMILES string of the molecule is CO[C@@]1(COc2ccc(C)cc2)CCCN(Cc2ccc3[nH]ccc3c2)CC1. The number of hydrogen-bond acceptors (Lipinski definition) is 3.